The van der Waals surface area contributed by atoms with Crippen molar-refractivity contribution < 1.29 is 69.3 Å². The van der Waals surface area contributed by atoms with Crippen LogP contribution >= 0.6 is 0 Å². The SMILES string of the molecule is CN1C2CCC1CC(C(=O)O)C2.CN1CC2CC(C(=O)O)CC2C1.CN1CC2CC1CC2C(=O)O.CN1CC2CCC(C1)C2C(=O)O.CN1CC2CCC1CC2C(=O)O.CN1CC2CCC1CC2C(=O)O.CN1CCC2(C(=O)O)CCC1C2. The number of rotatable bonds is 7. The molecule has 83 heavy (non-hydrogen) atoms. The highest BCUT2D eigenvalue weighted by atomic mass is 16.4. The largest absolute Gasteiger partial charge is 0.481 e. The van der Waals surface area contributed by atoms with E-state index in [4.69, 9.17) is 35.7 Å². The van der Waals surface area contributed by atoms with E-state index in [0.29, 0.717) is 77.7 Å². The first-order chi connectivity index (χ1) is 39.2. The van der Waals surface area contributed by atoms with Gasteiger partial charge in [0.1, 0.15) is 0 Å². The lowest BCUT2D eigenvalue weighted by atomic mass is 9.72. The second kappa shape index (κ2) is 27.8. The van der Waals surface area contributed by atoms with Crippen molar-refractivity contribution in [3.05, 3.63) is 0 Å². The summed E-state index contributed by atoms with van der Waals surface area (Å²) >= 11 is 0. The molecule has 10 saturated heterocycles. The van der Waals surface area contributed by atoms with Crippen molar-refractivity contribution in [2.24, 2.45) is 82.3 Å². The van der Waals surface area contributed by atoms with E-state index >= 15 is 0 Å². The maximum Gasteiger partial charge on any atom is 0.309 e. The van der Waals surface area contributed by atoms with Gasteiger partial charge in [-0.3, -0.25) is 33.6 Å². The molecule has 16 aliphatic rings. The Bertz CT molecular complexity index is 2200. The lowest BCUT2D eigenvalue weighted by molar-refractivity contribution is -0.151. The summed E-state index contributed by atoms with van der Waals surface area (Å²) in [6, 6.07) is 3.26. The summed E-state index contributed by atoms with van der Waals surface area (Å²) < 4.78 is 0. The molecule has 12 bridgehead atoms. The molecule has 0 spiro atoms. The van der Waals surface area contributed by atoms with Gasteiger partial charge in [-0.25, -0.2) is 0 Å². The number of fused-ring (bicyclic) bond motifs is 15. The second-order valence-electron chi connectivity index (χ2n) is 28.7. The molecule has 0 aromatic heterocycles. The molecule has 7 N–H and O–H groups in total. The number of nitrogens with zero attached hydrogens (tertiary/aromatic N) is 7. The number of carbonyl (C=O) groups is 7. The summed E-state index contributed by atoms with van der Waals surface area (Å²) in [6.07, 6.45) is 20.2. The van der Waals surface area contributed by atoms with Crippen LogP contribution in [-0.2, 0) is 33.6 Å². The minimum absolute atomic E-state index is 0.0406. The summed E-state index contributed by atoms with van der Waals surface area (Å²) in [5.74, 6) is -0.978. The molecule has 21 nitrogen and oxygen atoms in total. The summed E-state index contributed by atoms with van der Waals surface area (Å²) in [4.78, 5) is 91.9. The maximum atomic E-state index is 11.0. The van der Waals surface area contributed by atoms with Gasteiger partial charge in [0, 0.05) is 82.1 Å². The highest BCUT2D eigenvalue weighted by Gasteiger charge is 2.51. The molecule has 0 aromatic carbocycles. The van der Waals surface area contributed by atoms with Gasteiger partial charge in [0.25, 0.3) is 0 Å². The highest BCUT2D eigenvalue weighted by molar-refractivity contribution is 5.76. The van der Waals surface area contributed by atoms with Crippen molar-refractivity contribution >= 4 is 41.8 Å². The zero-order valence-electron chi connectivity index (χ0n) is 50.9. The Morgan fingerprint density at radius 3 is 1.11 bits per heavy atom. The molecule has 0 aromatic rings. The summed E-state index contributed by atoms with van der Waals surface area (Å²) in [7, 11) is 14.7. The molecule has 0 amide bonds. The van der Waals surface area contributed by atoms with Gasteiger partial charge in [-0.2, -0.15) is 0 Å². The number of carboxylic acid groups (broad SMARTS) is 7. The minimum atomic E-state index is -0.597. The Balaban J connectivity index is 0.000000127. The van der Waals surface area contributed by atoms with Crippen molar-refractivity contribution in [3.8, 4) is 0 Å². The third kappa shape index (κ3) is 15.4. The van der Waals surface area contributed by atoms with Gasteiger partial charge in [0.15, 0.2) is 0 Å². The predicted molar refractivity (Wildman–Crippen MR) is 310 cm³/mol. The molecule has 470 valence electrons. The van der Waals surface area contributed by atoms with Crippen LogP contribution in [-0.4, -0.2) is 250 Å². The van der Waals surface area contributed by atoms with E-state index in [1.807, 2.05) is 0 Å². The molecular weight excluding hydrogens is 1070 g/mol. The van der Waals surface area contributed by atoms with Crippen molar-refractivity contribution in [3.63, 3.8) is 0 Å². The first-order valence-electron chi connectivity index (χ1n) is 31.7. The average Bonchev–Trinajstić information content (AvgIpc) is 4.41. The van der Waals surface area contributed by atoms with Gasteiger partial charge in [-0.05, 0) is 226 Å². The maximum absolute atomic E-state index is 11.0. The molecular formula is C62H103N7O14. The zero-order valence-corrected chi connectivity index (χ0v) is 50.9. The lowest BCUT2D eigenvalue weighted by Crippen LogP contribution is -2.51. The van der Waals surface area contributed by atoms with Crippen LogP contribution in [0.3, 0.4) is 0 Å². The molecule has 17 atom stereocenters. The van der Waals surface area contributed by atoms with E-state index < -0.39 is 41.8 Å². The fraction of sp³-hybridized carbons (Fsp3) is 0.887. The number of aliphatic carboxylic acids is 7. The van der Waals surface area contributed by atoms with Gasteiger partial charge in [0.2, 0.25) is 0 Å². The summed E-state index contributed by atoms with van der Waals surface area (Å²) in [5.41, 5.74) is -0.350. The molecule has 0 radical (unpaired) electrons. The second-order valence-corrected chi connectivity index (χ2v) is 28.7. The highest BCUT2D eigenvalue weighted by Crippen LogP contribution is 2.48. The van der Waals surface area contributed by atoms with Crippen molar-refractivity contribution in [2.45, 2.75) is 165 Å². The van der Waals surface area contributed by atoms with Crippen molar-refractivity contribution in [1.29, 1.82) is 0 Å². The monoisotopic (exact) mass is 1170 g/mol. The van der Waals surface area contributed by atoms with E-state index in [1.165, 1.54) is 25.7 Å². The third-order valence-electron chi connectivity index (χ3n) is 23.6. The molecule has 16 fully saturated rings. The fourth-order valence-corrected chi connectivity index (χ4v) is 18.6. The third-order valence-corrected chi connectivity index (χ3v) is 23.6. The number of hydrogen-bond acceptors (Lipinski definition) is 14. The molecule has 17 unspecified atom stereocenters. The van der Waals surface area contributed by atoms with Crippen LogP contribution in [0.15, 0.2) is 0 Å². The van der Waals surface area contributed by atoms with E-state index in [9.17, 15) is 33.6 Å². The van der Waals surface area contributed by atoms with E-state index in [2.05, 4.69) is 83.6 Å². The minimum Gasteiger partial charge on any atom is -0.481 e. The fourth-order valence-electron chi connectivity index (χ4n) is 18.6. The quantitative estimate of drug-likeness (QED) is 0.172. The van der Waals surface area contributed by atoms with E-state index in [0.717, 1.165) is 155 Å². The van der Waals surface area contributed by atoms with E-state index in [1.54, 1.807) is 0 Å². The Labute approximate surface area is 492 Å². The Kier molecular flexibility index (Phi) is 21.8. The Hall–Kier alpha value is -3.99. The van der Waals surface area contributed by atoms with Gasteiger partial charge in [-0.15, -0.1) is 0 Å². The molecule has 21 heteroatoms. The number of likely N-dealkylation sites (tertiary alicyclic amines) is 4. The molecule has 6 aliphatic carbocycles. The van der Waals surface area contributed by atoms with Crippen LogP contribution in [0, 0.1) is 82.3 Å². The zero-order chi connectivity index (χ0) is 60.4. The first kappa shape index (κ1) is 65.0. The lowest BCUT2D eigenvalue weighted by Gasteiger charge is -2.46. The van der Waals surface area contributed by atoms with Gasteiger partial charge in [0.05, 0.1) is 40.9 Å². The first-order valence-corrected chi connectivity index (χ1v) is 31.7. The van der Waals surface area contributed by atoms with Crippen molar-refractivity contribution in [1.82, 2.24) is 34.3 Å². The predicted octanol–water partition coefficient (Wildman–Crippen LogP) is 5.22. The van der Waals surface area contributed by atoms with Gasteiger partial charge < -0.3 is 70.0 Å². The van der Waals surface area contributed by atoms with Crippen LogP contribution in [0.2, 0.25) is 0 Å². The molecule has 10 aliphatic heterocycles. The average molecular weight is 1170 g/mol. The molecule has 16 rings (SSSR count). The van der Waals surface area contributed by atoms with Crippen LogP contribution in [0.1, 0.15) is 128 Å². The number of carboxylic acids is 7. The van der Waals surface area contributed by atoms with Crippen LogP contribution in [0.5, 0.6) is 0 Å². The van der Waals surface area contributed by atoms with Gasteiger partial charge in [-0.1, -0.05) is 0 Å². The van der Waals surface area contributed by atoms with Crippen LogP contribution in [0.4, 0.5) is 0 Å². The van der Waals surface area contributed by atoms with Crippen LogP contribution in [0.25, 0.3) is 0 Å². The summed E-state index contributed by atoms with van der Waals surface area (Å²) in [6.45, 7) is 8.09. The Morgan fingerprint density at radius 2 is 0.735 bits per heavy atom. The van der Waals surface area contributed by atoms with Crippen molar-refractivity contribution in [2.75, 3.05) is 102 Å². The normalized spacial score (nSPS) is 41.8. The number of hydrogen-bond donors (Lipinski definition) is 7. The standard InChI is InChI=1S/6C9H15NO2.C8H13NO2/c1-10-4-7-2-6(9(11)12)3-8(7)5-10;1-10-7-2-3-8(10)5-6(4-7)9(11)12;2*1-10-5-6-2-3-7(10)4-8(6)9(11)12;1-10-4-6-2-3-7(5-10)8(6)9(11)12;1-10-5-4-9(8(11)12)3-2-7(10)6-9;1-9-4-5-2-6(9)3-7(5)8(10)11/h5*6-8H,2-5H2,1H3,(H,11,12);7H,2-6H2,1H3,(H,11,12);5-7H,2-4H2,1H3,(H,10,11). The van der Waals surface area contributed by atoms with Gasteiger partial charge >= 0.3 is 41.8 Å². The molecule has 10 heterocycles. The molecule has 6 saturated carbocycles. The smallest absolute Gasteiger partial charge is 0.309 e. The van der Waals surface area contributed by atoms with E-state index in [-0.39, 0.29) is 40.9 Å². The Morgan fingerprint density at radius 1 is 0.337 bits per heavy atom. The topological polar surface area (TPSA) is 284 Å². The van der Waals surface area contributed by atoms with Crippen LogP contribution < -0.4 is 0 Å². The summed E-state index contributed by atoms with van der Waals surface area (Å²) in [5, 5.41) is 62.4. The number of piperidine rings is 8.